The van der Waals surface area contributed by atoms with Crippen molar-refractivity contribution >= 4 is 110 Å². The van der Waals surface area contributed by atoms with Gasteiger partial charge in [-0.05, 0) is 163 Å². The van der Waals surface area contributed by atoms with E-state index in [9.17, 15) is 0 Å². The summed E-state index contributed by atoms with van der Waals surface area (Å²) in [6.07, 6.45) is 0. The number of rotatable bonds is 8. The Morgan fingerprint density at radius 3 is 1.32 bits per heavy atom. The minimum absolute atomic E-state index is 0.333. The van der Waals surface area contributed by atoms with Gasteiger partial charge >= 0.3 is 0 Å². The van der Waals surface area contributed by atoms with E-state index >= 15 is 0 Å². The first-order chi connectivity index (χ1) is 39.8. The number of anilines is 6. The number of para-hydroxylation sites is 6. The number of aryl methyl sites for hydroxylation is 2. The van der Waals surface area contributed by atoms with Crippen LogP contribution in [-0.4, -0.2) is 0 Å². The van der Waals surface area contributed by atoms with E-state index in [4.69, 9.17) is 8.83 Å². The van der Waals surface area contributed by atoms with Crippen molar-refractivity contribution in [3.05, 3.63) is 277 Å². The number of hydrogen-bond donors (Lipinski definition) is 0. The van der Waals surface area contributed by atoms with Gasteiger partial charge in [0.15, 0.2) is 11.2 Å². The van der Waals surface area contributed by atoms with Crippen molar-refractivity contribution in [2.75, 3.05) is 9.80 Å². The molecule has 0 radical (unpaired) electrons. The Kier molecular flexibility index (Phi) is 10.4. The summed E-state index contributed by atoms with van der Waals surface area (Å²) in [7, 11) is 0. The first-order valence-electron chi connectivity index (χ1n) is 28.1. The van der Waals surface area contributed by atoms with Crippen molar-refractivity contribution in [1.29, 1.82) is 0 Å². The molecule has 0 unspecified atom stereocenters. The van der Waals surface area contributed by atoms with Gasteiger partial charge in [-0.2, -0.15) is 0 Å². The van der Waals surface area contributed by atoms with Crippen molar-refractivity contribution < 1.29 is 8.83 Å². The lowest BCUT2D eigenvalue weighted by Crippen LogP contribution is -2.16. The van der Waals surface area contributed by atoms with Gasteiger partial charge in [0.05, 0.1) is 11.4 Å². The lowest BCUT2D eigenvalue weighted by molar-refractivity contribution is 0.667. The molecule has 0 N–H and O–H groups in total. The number of benzene rings is 13. The number of fused-ring (bicyclic) bond motifs is 15. The molecule has 0 fully saturated rings. The Balaban J connectivity index is 0.848. The Hall–Kier alpha value is -10.2. The molecule has 0 spiro atoms. The summed E-state index contributed by atoms with van der Waals surface area (Å²) in [6.45, 7) is 9.18. The third-order valence-electron chi connectivity index (χ3n) is 17.4. The van der Waals surface area contributed by atoms with Crippen LogP contribution in [-0.2, 0) is 5.41 Å². The van der Waals surface area contributed by atoms with E-state index in [0.717, 1.165) is 89.1 Å². The summed E-state index contributed by atoms with van der Waals surface area (Å²) in [5.74, 6) is 0. The maximum absolute atomic E-state index is 7.13. The summed E-state index contributed by atoms with van der Waals surface area (Å²) in [5, 5.41) is 11.7. The lowest BCUT2D eigenvalue weighted by Gasteiger charge is -2.28. The van der Waals surface area contributed by atoms with Crippen molar-refractivity contribution in [1.82, 2.24) is 0 Å². The fourth-order valence-electron chi connectivity index (χ4n) is 13.7. The maximum Gasteiger partial charge on any atom is 0.159 e. The van der Waals surface area contributed by atoms with Gasteiger partial charge in [0.1, 0.15) is 11.2 Å². The minimum Gasteiger partial charge on any atom is -0.453 e. The molecular weight excluding hydrogens is 985 g/mol. The quantitative estimate of drug-likeness (QED) is 0.142. The first kappa shape index (κ1) is 46.9. The van der Waals surface area contributed by atoms with Gasteiger partial charge in [-0.15, -0.1) is 0 Å². The SMILES string of the molecule is Cc1ccccc1-c1cccc2c1oc1c(N(c3ccccc3)c3ccc4cc5c(cc4c3)C(C)(C)c3c-5c4ccccc4c4cc(N(c5ccccc5)c5cccc6c5oc5c(-c7ccccc7C)cccc56)ccc34)cccc12. The van der Waals surface area contributed by atoms with E-state index in [1.807, 2.05) is 0 Å². The molecule has 0 aliphatic heterocycles. The molecule has 15 aromatic rings. The molecule has 0 saturated carbocycles. The highest BCUT2D eigenvalue weighted by Gasteiger charge is 2.39. The second kappa shape index (κ2) is 17.9. The van der Waals surface area contributed by atoms with E-state index in [2.05, 4.69) is 292 Å². The van der Waals surface area contributed by atoms with E-state index in [0.29, 0.717) is 0 Å². The van der Waals surface area contributed by atoms with Crippen molar-refractivity contribution in [2.45, 2.75) is 33.1 Å². The molecule has 1 aliphatic carbocycles. The summed E-state index contributed by atoms with van der Waals surface area (Å²) in [5.41, 5.74) is 21.7. The molecule has 2 aromatic heterocycles. The summed E-state index contributed by atoms with van der Waals surface area (Å²) in [6, 6.07) is 92.7. The Morgan fingerprint density at radius 2 is 0.753 bits per heavy atom. The Labute approximate surface area is 470 Å². The van der Waals surface area contributed by atoms with Gasteiger partial charge in [0.2, 0.25) is 0 Å². The zero-order chi connectivity index (χ0) is 54.1. The summed E-state index contributed by atoms with van der Waals surface area (Å²) < 4.78 is 14.2. The van der Waals surface area contributed by atoms with Gasteiger partial charge in [-0.1, -0.05) is 196 Å². The normalized spacial score (nSPS) is 12.8. The van der Waals surface area contributed by atoms with Crippen LogP contribution in [0.2, 0.25) is 0 Å². The number of furan rings is 2. The molecule has 4 nitrogen and oxygen atoms in total. The third kappa shape index (κ3) is 7.10. The largest absolute Gasteiger partial charge is 0.453 e. The van der Waals surface area contributed by atoms with E-state index < -0.39 is 0 Å². The second-order valence-electron chi connectivity index (χ2n) is 22.4. The molecule has 2 heterocycles. The second-order valence-corrected chi connectivity index (χ2v) is 22.4. The Morgan fingerprint density at radius 1 is 0.296 bits per heavy atom. The Bertz CT molecular complexity index is 5060. The van der Waals surface area contributed by atoms with E-state index in [1.54, 1.807) is 0 Å². The molecule has 81 heavy (non-hydrogen) atoms. The van der Waals surface area contributed by atoms with Crippen molar-refractivity contribution in [3.63, 3.8) is 0 Å². The van der Waals surface area contributed by atoms with Crippen LogP contribution in [0.5, 0.6) is 0 Å². The lowest BCUT2D eigenvalue weighted by atomic mass is 9.79. The van der Waals surface area contributed by atoms with E-state index in [-0.39, 0.29) is 5.41 Å². The molecule has 16 rings (SSSR count). The predicted molar refractivity (Wildman–Crippen MR) is 341 cm³/mol. The smallest absolute Gasteiger partial charge is 0.159 e. The molecule has 13 aromatic carbocycles. The first-order valence-corrected chi connectivity index (χ1v) is 28.1. The third-order valence-corrected chi connectivity index (χ3v) is 17.4. The highest BCUT2D eigenvalue weighted by atomic mass is 16.3. The minimum atomic E-state index is -0.333. The van der Waals surface area contributed by atoms with Crippen LogP contribution in [0.1, 0.15) is 36.1 Å². The molecule has 0 atom stereocenters. The molecule has 384 valence electrons. The average molecular weight is 1040 g/mol. The predicted octanol–water partition coefficient (Wildman–Crippen LogP) is 22.1. The molecule has 1 aliphatic rings. The zero-order valence-electron chi connectivity index (χ0n) is 45.5. The molecule has 0 saturated heterocycles. The molecule has 4 heteroatoms. The zero-order valence-corrected chi connectivity index (χ0v) is 45.5. The number of nitrogens with zero attached hydrogens (tertiary/aromatic N) is 2. The van der Waals surface area contributed by atoms with Crippen LogP contribution < -0.4 is 9.80 Å². The van der Waals surface area contributed by atoms with E-state index in [1.165, 1.54) is 76.8 Å². The van der Waals surface area contributed by atoms with Crippen LogP contribution in [0.15, 0.2) is 264 Å². The fraction of sp³-hybridized carbons (Fsp3) is 0.0649. The maximum atomic E-state index is 7.13. The molecular formula is C77H54N2O2. The van der Waals surface area contributed by atoms with Gasteiger partial charge in [0.25, 0.3) is 0 Å². The van der Waals surface area contributed by atoms with Gasteiger partial charge in [-0.25, -0.2) is 0 Å². The summed E-state index contributed by atoms with van der Waals surface area (Å²) in [4.78, 5) is 4.74. The average Bonchev–Trinajstić information content (AvgIpc) is 4.37. The van der Waals surface area contributed by atoms with Gasteiger partial charge in [-0.3, -0.25) is 0 Å². The molecule has 0 bridgehead atoms. The fourth-order valence-corrected chi connectivity index (χ4v) is 13.7. The van der Waals surface area contributed by atoms with Crippen LogP contribution >= 0.6 is 0 Å². The van der Waals surface area contributed by atoms with Crippen molar-refractivity contribution in [3.8, 4) is 33.4 Å². The highest BCUT2D eigenvalue weighted by molar-refractivity contribution is 6.21. The van der Waals surface area contributed by atoms with Crippen LogP contribution in [0.3, 0.4) is 0 Å². The van der Waals surface area contributed by atoms with Crippen LogP contribution in [0, 0.1) is 13.8 Å². The van der Waals surface area contributed by atoms with Crippen molar-refractivity contribution in [2.24, 2.45) is 0 Å². The van der Waals surface area contributed by atoms with Gasteiger partial charge < -0.3 is 18.6 Å². The van der Waals surface area contributed by atoms with Gasteiger partial charge in [0, 0.05) is 60.8 Å². The standard InChI is InChI=1S/C77H54N2O2/c1-47-21-11-13-27-55(47)60-31-17-33-62-64-35-19-37-69(75(64)80-73(60)62)78(51-23-7-5-8-24-51)53-40-39-49-44-67-68(45-50(49)43-53)77(3,4)72-59-42-41-54(46-66(59)57-29-15-16-30-58(57)71(67)72)79(52-25-9-6-10-26-52)70-38-20-36-65-63-34-18-32-61(74(63)81-76(65)70)56-28-14-12-22-48(56)2/h5-46H,1-4H3. The summed E-state index contributed by atoms with van der Waals surface area (Å²) >= 11 is 0. The monoisotopic (exact) mass is 1040 g/mol. The van der Waals surface area contributed by atoms with Crippen LogP contribution in [0.4, 0.5) is 34.1 Å². The molecule has 0 amide bonds. The highest BCUT2D eigenvalue weighted by Crippen LogP contribution is 2.57. The van der Waals surface area contributed by atoms with Crippen LogP contribution in [0.25, 0.3) is 110 Å². The number of hydrogen-bond acceptors (Lipinski definition) is 4. The topological polar surface area (TPSA) is 32.8 Å².